The molecule has 20 heavy (non-hydrogen) atoms. The van der Waals surface area contributed by atoms with Gasteiger partial charge < -0.3 is 14.4 Å². The van der Waals surface area contributed by atoms with Crippen molar-refractivity contribution in [3.63, 3.8) is 0 Å². The van der Waals surface area contributed by atoms with Crippen LogP contribution >= 0.6 is 0 Å². The number of carbonyl (C=O) groups is 1. The molecule has 0 aliphatic heterocycles. The van der Waals surface area contributed by atoms with Gasteiger partial charge in [0.2, 0.25) is 0 Å². The number of ether oxygens (including phenoxy) is 2. The van der Waals surface area contributed by atoms with Crippen LogP contribution in [0.2, 0.25) is 0 Å². The van der Waals surface area contributed by atoms with Gasteiger partial charge in [0, 0.05) is 26.3 Å². The van der Waals surface area contributed by atoms with Gasteiger partial charge in [-0.15, -0.1) is 0 Å². The summed E-state index contributed by atoms with van der Waals surface area (Å²) in [7, 11) is 3.14. The number of methoxy groups -OCH3 is 2. The molecule has 1 amide bonds. The van der Waals surface area contributed by atoms with E-state index in [1.807, 2.05) is 6.07 Å². The zero-order valence-corrected chi connectivity index (χ0v) is 11.8. The fourth-order valence-electron chi connectivity index (χ4n) is 1.81. The van der Waals surface area contributed by atoms with Crippen LogP contribution in [-0.2, 0) is 9.47 Å². The maximum absolute atomic E-state index is 12.5. The van der Waals surface area contributed by atoms with Gasteiger partial charge in [-0.05, 0) is 25.1 Å². The van der Waals surface area contributed by atoms with E-state index in [-0.39, 0.29) is 11.9 Å². The van der Waals surface area contributed by atoms with Gasteiger partial charge in [-0.2, -0.15) is 5.26 Å². The predicted molar refractivity (Wildman–Crippen MR) is 75.1 cm³/mol. The number of hydrogen-bond donors (Lipinski definition) is 0. The highest BCUT2D eigenvalue weighted by Gasteiger charge is 2.21. The van der Waals surface area contributed by atoms with E-state index in [1.54, 1.807) is 43.4 Å². The third-order valence-electron chi connectivity index (χ3n) is 2.84. The van der Waals surface area contributed by atoms with Crippen molar-refractivity contribution in [2.24, 2.45) is 0 Å². The van der Waals surface area contributed by atoms with E-state index in [1.165, 1.54) is 0 Å². The molecule has 0 aromatic heterocycles. The van der Waals surface area contributed by atoms with Gasteiger partial charge in [-0.1, -0.05) is 6.07 Å². The zero-order chi connectivity index (χ0) is 15.0. The molecule has 0 heterocycles. The topological polar surface area (TPSA) is 62.6 Å². The maximum atomic E-state index is 12.5. The molecule has 0 bridgehead atoms. The van der Waals surface area contributed by atoms with E-state index >= 15 is 0 Å². The molecular formula is C15H19N2O3. The average molecular weight is 275 g/mol. The van der Waals surface area contributed by atoms with Crippen molar-refractivity contribution in [2.45, 2.75) is 6.04 Å². The Labute approximate surface area is 119 Å². The zero-order valence-electron chi connectivity index (χ0n) is 11.8. The molecule has 0 aliphatic carbocycles. The Morgan fingerprint density at radius 2 is 2.20 bits per heavy atom. The Hall–Kier alpha value is -1.90. The highest BCUT2D eigenvalue weighted by molar-refractivity contribution is 5.94. The van der Waals surface area contributed by atoms with Crippen molar-refractivity contribution in [1.29, 1.82) is 5.26 Å². The normalized spacial score (nSPS) is 11.7. The summed E-state index contributed by atoms with van der Waals surface area (Å²) < 4.78 is 10.1. The van der Waals surface area contributed by atoms with E-state index in [4.69, 9.17) is 14.7 Å². The minimum atomic E-state index is -0.312. The number of hydrogen-bond acceptors (Lipinski definition) is 4. The molecule has 1 rings (SSSR count). The first-order valence-electron chi connectivity index (χ1n) is 6.26. The van der Waals surface area contributed by atoms with Gasteiger partial charge in [-0.25, -0.2) is 0 Å². The fraction of sp³-hybridized carbons (Fsp3) is 0.400. The van der Waals surface area contributed by atoms with Crippen LogP contribution in [0.3, 0.4) is 0 Å². The van der Waals surface area contributed by atoms with Crippen LogP contribution in [0.1, 0.15) is 15.9 Å². The van der Waals surface area contributed by atoms with Crippen LogP contribution in [0.5, 0.6) is 0 Å². The fourth-order valence-corrected chi connectivity index (χ4v) is 1.81. The highest BCUT2D eigenvalue weighted by Crippen LogP contribution is 2.11. The third-order valence-corrected chi connectivity index (χ3v) is 2.84. The number of benzene rings is 1. The quantitative estimate of drug-likeness (QED) is 0.756. The van der Waals surface area contributed by atoms with E-state index in [2.05, 4.69) is 6.92 Å². The second-order valence-corrected chi connectivity index (χ2v) is 4.29. The molecule has 0 spiro atoms. The molecule has 0 saturated heterocycles. The maximum Gasteiger partial charge on any atom is 0.254 e. The minimum absolute atomic E-state index is 0.184. The van der Waals surface area contributed by atoms with Crippen molar-refractivity contribution >= 4 is 5.91 Å². The van der Waals surface area contributed by atoms with E-state index < -0.39 is 0 Å². The summed E-state index contributed by atoms with van der Waals surface area (Å²) >= 11 is 0. The lowest BCUT2D eigenvalue weighted by Crippen LogP contribution is -2.43. The summed E-state index contributed by atoms with van der Waals surface area (Å²) in [6.07, 6.45) is 0. The number of amides is 1. The molecule has 5 nitrogen and oxygen atoms in total. The van der Waals surface area contributed by atoms with E-state index in [0.29, 0.717) is 30.9 Å². The molecular weight excluding hydrogens is 256 g/mol. The lowest BCUT2D eigenvalue weighted by Gasteiger charge is -2.28. The summed E-state index contributed by atoms with van der Waals surface area (Å²) in [6, 6.07) is 8.31. The first kappa shape index (κ1) is 16.2. The Morgan fingerprint density at radius 3 is 2.80 bits per heavy atom. The van der Waals surface area contributed by atoms with Crippen molar-refractivity contribution in [3.8, 4) is 6.07 Å². The molecule has 107 valence electrons. The lowest BCUT2D eigenvalue weighted by atomic mass is 10.1. The van der Waals surface area contributed by atoms with Crippen molar-refractivity contribution < 1.29 is 14.3 Å². The Kier molecular flexibility index (Phi) is 6.71. The van der Waals surface area contributed by atoms with Crippen molar-refractivity contribution in [1.82, 2.24) is 4.90 Å². The van der Waals surface area contributed by atoms with Gasteiger partial charge in [0.15, 0.2) is 0 Å². The predicted octanol–water partition coefficient (Wildman–Crippen LogP) is 1.50. The third kappa shape index (κ3) is 4.34. The van der Waals surface area contributed by atoms with Crippen molar-refractivity contribution in [3.05, 3.63) is 42.3 Å². The molecule has 0 N–H and O–H groups in total. The second-order valence-electron chi connectivity index (χ2n) is 4.29. The largest absolute Gasteiger partial charge is 0.383 e. The molecule has 1 atom stereocenters. The van der Waals surface area contributed by atoms with Crippen LogP contribution in [0, 0.1) is 18.3 Å². The summed E-state index contributed by atoms with van der Waals surface area (Å²) in [5.74, 6) is -0.184. The minimum Gasteiger partial charge on any atom is -0.383 e. The van der Waals surface area contributed by atoms with Crippen LogP contribution in [0.25, 0.3) is 0 Å². The van der Waals surface area contributed by atoms with Gasteiger partial charge >= 0.3 is 0 Å². The first-order chi connectivity index (χ1) is 9.63. The molecule has 0 saturated carbocycles. The number of nitrogens with zero attached hydrogens (tertiary/aromatic N) is 2. The Morgan fingerprint density at radius 1 is 1.45 bits per heavy atom. The van der Waals surface area contributed by atoms with Gasteiger partial charge in [0.25, 0.3) is 5.91 Å². The van der Waals surface area contributed by atoms with Crippen LogP contribution < -0.4 is 0 Å². The van der Waals surface area contributed by atoms with Crippen LogP contribution in [0.15, 0.2) is 24.3 Å². The van der Waals surface area contributed by atoms with E-state index in [0.717, 1.165) is 0 Å². The SMILES string of the molecule is [CH2]C(COC)N(CCOC)C(=O)c1cccc(C#N)c1. The van der Waals surface area contributed by atoms with Gasteiger partial charge in [0.05, 0.1) is 30.9 Å². The van der Waals surface area contributed by atoms with Gasteiger partial charge in [0.1, 0.15) is 0 Å². The molecule has 0 aliphatic rings. The molecule has 5 heteroatoms. The highest BCUT2D eigenvalue weighted by atomic mass is 16.5. The Bertz CT molecular complexity index is 482. The lowest BCUT2D eigenvalue weighted by molar-refractivity contribution is 0.0522. The summed E-state index contributed by atoms with van der Waals surface area (Å²) in [5, 5.41) is 8.89. The summed E-state index contributed by atoms with van der Waals surface area (Å²) in [6.45, 7) is 5.11. The smallest absolute Gasteiger partial charge is 0.254 e. The molecule has 1 radical (unpaired) electrons. The van der Waals surface area contributed by atoms with E-state index in [9.17, 15) is 4.79 Å². The molecule has 1 aromatic rings. The van der Waals surface area contributed by atoms with Crippen LogP contribution in [0.4, 0.5) is 0 Å². The first-order valence-corrected chi connectivity index (χ1v) is 6.26. The number of rotatable bonds is 7. The number of carbonyl (C=O) groups excluding carboxylic acids is 1. The summed E-state index contributed by atoms with van der Waals surface area (Å²) in [4.78, 5) is 14.1. The Balaban J connectivity index is 2.93. The molecule has 1 aromatic carbocycles. The standard InChI is InChI=1S/C15H19N2O3/c1-12(11-20-3)17(7-8-19-2)15(18)14-6-4-5-13(9-14)10-16/h4-6,9,12H,1,7-8,11H2,2-3H3. The monoisotopic (exact) mass is 275 g/mol. The van der Waals surface area contributed by atoms with Crippen molar-refractivity contribution in [2.75, 3.05) is 34.0 Å². The van der Waals surface area contributed by atoms with Gasteiger partial charge in [-0.3, -0.25) is 4.79 Å². The number of nitriles is 1. The second kappa shape index (κ2) is 8.31. The average Bonchev–Trinajstić information content (AvgIpc) is 2.47. The van der Waals surface area contributed by atoms with Crippen LogP contribution in [-0.4, -0.2) is 50.8 Å². The summed E-state index contributed by atoms with van der Waals surface area (Å²) in [5.41, 5.74) is 0.916. The molecule has 0 fully saturated rings. The molecule has 1 unspecified atom stereocenters.